The van der Waals surface area contributed by atoms with Crippen LogP contribution in [0.2, 0.25) is 0 Å². The van der Waals surface area contributed by atoms with Crippen molar-refractivity contribution in [1.29, 1.82) is 0 Å². The molecule has 1 aliphatic rings. The molecule has 0 aliphatic heterocycles. The second-order valence-corrected chi connectivity index (χ2v) is 7.84. The Kier molecular flexibility index (Phi) is 9.05. The number of sulfonamides is 1. The average molecular weight is 362 g/mol. The third-order valence-electron chi connectivity index (χ3n) is 3.67. The van der Waals surface area contributed by atoms with E-state index in [1.54, 1.807) is 0 Å². The Morgan fingerprint density at radius 2 is 1.83 bits per heavy atom. The molecule has 1 saturated carbocycles. The Balaban J connectivity index is 2.26. The molecule has 0 heterocycles. The highest BCUT2D eigenvalue weighted by Gasteiger charge is 2.28. The van der Waals surface area contributed by atoms with E-state index in [-0.39, 0.29) is 11.8 Å². The quantitative estimate of drug-likeness (QED) is 0.267. The summed E-state index contributed by atoms with van der Waals surface area (Å²) in [5.41, 5.74) is 0. The van der Waals surface area contributed by atoms with Crippen LogP contribution in [-0.2, 0) is 14.8 Å². The van der Waals surface area contributed by atoms with Gasteiger partial charge in [0.15, 0.2) is 5.96 Å². The van der Waals surface area contributed by atoms with Gasteiger partial charge in [0.05, 0.1) is 6.26 Å². The first-order valence-electron chi connectivity index (χ1n) is 8.63. The van der Waals surface area contributed by atoms with Gasteiger partial charge in [-0.2, -0.15) is 0 Å². The minimum absolute atomic E-state index is 0.138. The van der Waals surface area contributed by atoms with Crippen LogP contribution in [0.3, 0.4) is 0 Å². The first-order chi connectivity index (χ1) is 11.4. The van der Waals surface area contributed by atoms with E-state index < -0.39 is 10.0 Å². The lowest BCUT2D eigenvalue weighted by atomic mass is 10.4. The van der Waals surface area contributed by atoms with Gasteiger partial charge in [0.1, 0.15) is 0 Å². The first-order valence-corrected chi connectivity index (χ1v) is 10.5. The molecule has 24 heavy (non-hydrogen) atoms. The summed E-state index contributed by atoms with van der Waals surface area (Å²) in [5.74, 6) is 1.04. The molecule has 0 atom stereocenters. The lowest BCUT2D eigenvalue weighted by molar-refractivity contribution is -0.122. The van der Waals surface area contributed by atoms with Gasteiger partial charge in [0, 0.05) is 45.2 Å². The predicted molar refractivity (Wildman–Crippen MR) is 96.4 cm³/mol. The summed E-state index contributed by atoms with van der Waals surface area (Å²) in [7, 11) is -3.14. The molecule has 0 bridgehead atoms. The van der Waals surface area contributed by atoms with Gasteiger partial charge < -0.3 is 16.0 Å². The number of carbonyl (C=O) groups excluding carboxylic acids is 1. The Bertz CT molecular complexity index is 517. The van der Waals surface area contributed by atoms with Gasteiger partial charge in [0.2, 0.25) is 15.9 Å². The fraction of sp³-hybridized carbons (Fsp3) is 0.867. The van der Waals surface area contributed by atoms with Crippen LogP contribution in [0, 0.1) is 5.92 Å². The van der Waals surface area contributed by atoms with Crippen molar-refractivity contribution in [3.8, 4) is 0 Å². The van der Waals surface area contributed by atoms with Crippen LogP contribution in [0.15, 0.2) is 4.99 Å². The topological polar surface area (TPSA) is 103 Å². The van der Waals surface area contributed by atoms with Crippen LogP contribution in [0.1, 0.15) is 33.1 Å². The number of nitrogens with zero attached hydrogens (tertiary/aromatic N) is 2. The number of amides is 1. The second kappa shape index (κ2) is 10.5. The van der Waals surface area contributed by atoms with Crippen LogP contribution in [0.4, 0.5) is 0 Å². The Labute approximate surface area is 145 Å². The number of rotatable bonds is 11. The Morgan fingerprint density at radius 3 is 2.38 bits per heavy atom. The Hall–Kier alpha value is -1.35. The van der Waals surface area contributed by atoms with Gasteiger partial charge in [-0.1, -0.05) is 6.92 Å². The monoisotopic (exact) mass is 361 g/mol. The van der Waals surface area contributed by atoms with Gasteiger partial charge in [-0.25, -0.2) is 12.7 Å². The summed E-state index contributed by atoms with van der Waals surface area (Å²) in [4.78, 5) is 15.9. The molecule has 0 saturated heterocycles. The zero-order chi connectivity index (χ0) is 18.0. The van der Waals surface area contributed by atoms with Crippen molar-refractivity contribution in [3.05, 3.63) is 0 Å². The molecule has 0 aromatic carbocycles. The minimum Gasteiger partial charge on any atom is -0.357 e. The number of aliphatic imine (C=N–C) groups is 1. The van der Waals surface area contributed by atoms with E-state index in [4.69, 9.17) is 0 Å². The highest BCUT2D eigenvalue weighted by molar-refractivity contribution is 7.88. The fourth-order valence-electron chi connectivity index (χ4n) is 2.19. The predicted octanol–water partition coefficient (Wildman–Crippen LogP) is -0.261. The Morgan fingerprint density at radius 1 is 1.17 bits per heavy atom. The van der Waals surface area contributed by atoms with Crippen LogP contribution < -0.4 is 16.0 Å². The fourth-order valence-corrected chi connectivity index (χ4v) is 3.12. The molecule has 9 heteroatoms. The van der Waals surface area contributed by atoms with Crippen molar-refractivity contribution in [2.24, 2.45) is 10.9 Å². The molecule has 0 aromatic heterocycles. The van der Waals surface area contributed by atoms with Crippen molar-refractivity contribution in [1.82, 2.24) is 20.3 Å². The maximum Gasteiger partial charge on any atom is 0.223 e. The largest absolute Gasteiger partial charge is 0.357 e. The van der Waals surface area contributed by atoms with Crippen LogP contribution in [-0.4, -0.2) is 70.1 Å². The van der Waals surface area contributed by atoms with Crippen LogP contribution in [0.5, 0.6) is 0 Å². The molecule has 0 radical (unpaired) electrons. The maximum absolute atomic E-state index is 11.5. The standard InChI is InChI=1S/C15H31N5O3S/c1-4-16-15(19-11-10-17-14(21)13-7-8-13)18-9-6-12-20(5-2)24(3,22)23/h13H,4-12H2,1-3H3,(H,17,21)(H2,16,18,19). The third kappa shape index (κ3) is 8.49. The van der Waals surface area contributed by atoms with Gasteiger partial charge in [-0.3, -0.25) is 9.79 Å². The van der Waals surface area contributed by atoms with E-state index >= 15 is 0 Å². The summed E-state index contributed by atoms with van der Waals surface area (Å²) < 4.78 is 24.5. The van der Waals surface area contributed by atoms with E-state index in [2.05, 4.69) is 20.9 Å². The van der Waals surface area contributed by atoms with E-state index in [1.165, 1.54) is 10.6 Å². The number of guanidine groups is 1. The number of nitrogens with one attached hydrogen (secondary N) is 3. The van der Waals surface area contributed by atoms with Crippen molar-refractivity contribution in [2.75, 3.05) is 45.5 Å². The van der Waals surface area contributed by atoms with E-state index in [0.717, 1.165) is 19.4 Å². The lowest BCUT2D eigenvalue weighted by Gasteiger charge is -2.17. The van der Waals surface area contributed by atoms with Crippen LogP contribution >= 0.6 is 0 Å². The molecule has 0 unspecified atom stereocenters. The number of hydrogen-bond acceptors (Lipinski definition) is 4. The normalized spacial score (nSPS) is 15.4. The van der Waals surface area contributed by atoms with Gasteiger partial charge >= 0.3 is 0 Å². The highest BCUT2D eigenvalue weighted by Crippen LogP contribution is 2.28. The van der Waals surface area contributed by atoms with E-state index in [9.17, 15) is 13.2 Å². The molecular weight excluding hydrogens is 330 g/mol. The van der Waals surface area contributed by atoms with Crippen molar-refractivity contribution in [2.45, 2.75) is 33.1 Å². The SMILES string of the molecule is CCNC(=NCCCN(CC)S(C)(=O)=O)NCCNC(=O)C1CC1. The van der Waals surface area contributed by atoms with Crippen LogP contribution in [0.25, 0.3) is 0 Å². The lowest BCUT2D eigenvalue weighted by Crippen LogP contribution is -2.42. The first kappa shape index (κ1) is 20.7. The molecule has 1 aliphatic carbocycles. The number of hydrogen-bond donors (Lipinski definition) is 3. The zero-order valence-corrected chi connectivity index (χ0v) is 15.8. The summed E-state index contributed by atoms with van der Waals surface area (Å²) in [6, 6.07) is 0. The van der Waals surface area contributed by atoms with E-state index in [1.807, 2.05) is 13.8 Å². The molecule has 1 fully saturated rings. The average Bonchev–Trinajstić information content (AvgIpc) is 3.34. The minimum atomic E-state index is -3.14. The molecule has 1 rings (SSSR count). The summed E-state index contributed by atoms with van der Waals surface area (Å²) in [6.07, 6.45) is 3.90. The second-order valence-electron chi connectivity index (χ2n) is 5.86. The molecule has 140 valence electrons. The van der Waals surface area contributed by atoms with E-state index in [0.29, 0.717) is 45.1 Å². The van der Waals surface area contributed by atoms with Gasteiger partial charge in [-0.15, -0.1) is 0 Å². The summed E-state index contributed by atoms with van der Waals surface area (Å²) in [6.45, 7) is 7.20. The molecular formula is C15H31N5O3S. The summed E-state index contributed by atoms with van der Waals surface area (Å²) in [5, 5.41) is 9.18. The molecule has 0 spiro atoms. The molecule has 3 N–H and O–H groups in total. The van der Waals surface area contributed by atoms with Gasteiger partial charge in [-0.05, 0) is 26.2 Å². The van der Waals surface area contributed by atoms with Crippen molar-refractivity contribution < 1.29 is 13.2 Å². The van der Waals surface area contributed by atoms with Crippen molar-refractivity contribution in [3.63, 3.8) is 0 Å². The maximum atomic E-state index is 11.5. The third-order valence-corrected chi connectivity index (χ3v) is 5.05. The molecule has 0 aromatic rings. The molecule has 8 nitrogen and oxygen atoms in total. The van der Waals surface area contributed by atoms with Gasteiger partial charge in [0.25, 0.3) is 0 Å². The highest BCUT2D eigenvalue weighted by atomic mass is 32.2. The number of carbonyl (C=O) groups is 1. The van der Waals surface area contributed by atoms with Crippen molar-refractivity contribution >= 4 is 21.9 Å². The summed E-state index contributed by atoms with van der Waals surface area (Å²) >= 11 is 0. The molecule has 1 amide bonds. The smallest absolute Gasteiger partial charge is 0.223 e. The zero-order valence-electron chi connectivity index (χ0n) is 15.0.